The molecule has 0 atom stereocenters. The van der Waals surface area contributed by atoms with Gasteiger partial charge in [0.2, 0.25) is 5.96 Å². The van der Waals surface area contributed by atoms with Gasteiger partial charge in [-0.2, -0.15) is 12.6 Å². The number of nitrogens with zero attached hydrogens (tertiary/aromatic N) is 1. The molecule has 0 aliphatic heterocycles. The van der Waals surface area contributed by atoms with E-state index in [9.17, 15) is 0 Å². The van der Waals surface area contributed by atoms with E-state index in [1.165, 1.54) is 7.11 Å². The molecule has 0 heterocycles. The van der Waals surface area contributed by atoms with Crippen molar-refractivity contribution in [3.8, 4) is 0 Å². The highest BCUT2D eigenvalue weighted by atomic mass is 32.1. The summed E-state index contributed by atoms with van der Waals surface area (Å²) in [4.78, 5) is 4.66. The number of hydrogen-bond acceptors (Lipinski definition) is 3. The van der Waals surface area contributed by atoms with Crippen molar-refractivity contribution in [3.05, 3.63) is 0 Å². The van der Waals surface area contributed by atoms with E-state index in [1.54, 1.807) is 0 Å². The number of oxime groups is 1. The van der Waals surface area contributed by atoms with Gasteiger partial charge in [-0.15, -0.1) is 0 Å². The number of thiol groups is 1. The first-order chi connectivity index (χ1) is 7.05. The number of rotatable bonds is 6. The summed E-state index contributed by atoms with van der Waals surface area (Å²) in [7, 11) is 3.34. The van der Waals surface area contributed by atoms with Gasteiger partial charge < -0.3 is 15.5 Å². The smallest absolute Gasteiger partial charge is 0.233 e. The second-order valence-electron chi connectivity index (χ2n) is 4.23. The Morgan fingerprint density at radius 1 is 1.47 bits per heavy atom. The number of hydrogen-bond donors (Lipinski definition) is 3. The highest BCUT2D eigenvalue weighted by Gasteiger charge is 2.14. The minimum Gasteiger partial charge on any atom is -0.396 e. The normalized spacial score (nSPS) is 12.5. The van der Waals surface area contributed by atoms with E-state index in [-0.39, 0.29) is 0 Å². The summed E-state index contributed by atoms with van der Waals surface area (Å²) in [6, 6.07) is 0. The second kappa shape index (κ2) is 7.68. The van der Waals surface area contributed by atoms with Crippen LogP contribution in [0.25, 0.3) is 0 Å². The maximum atomic E-state index is 4.66. The molecule has 0 saturated carbocycles. The monoisotopic (exact) mass is 233 g/mol. The Kier molecular flexibility index (Phi) is 7.38. The first kappa shape index (κ1) is 14.4. The van der Waals surface area contributed by atoms with Crippen LogP contribution in [0.3, 0.4) is 0 Å². The molecule has 0 amide bonds. The standard InChI is InChI=1S/C10H23N3OS/c1-10(2,8-15)6-5-7-12-9(11-3)13-14-4/h15H,5-8H2,1-4H3,(H2,11,12,13). The topological polar surface area (TPSA) is 45.7 Å². The van der Waals surface area contributed by atoms with Crippen LogP contribution in [0.2, 0.25) is 0 Å². The van der Waals surface area contributed by atoms with E-state index >= 15 is 0 Å². The molecule has 90 valence electrons. The molecule has 0 bridgehead atoms. The van der Waals surface area contributed by atoms with Crippen LogP contribution in [0.4, 0.5) is 0 Å². The molecule has 0 aromatic heterocycles. The van der Waals surface area contributed by atoms with Crippen LogP contribution in [0.1, 0.15) is 26.7 Å². The molecule has 0 rings (SSSR count). The van der Waals surface area contributed by atoms with E-state index in [4.69, 9.17) is 0 Å². The number of nitrogens with one attached hydrogen (secondary N) is 2. The number of guanidine groups is 1. The van der Waals surface area contributed by atoms with Gasteiger partial charge in [-0.05, 0) is 29.2 Å². The summed E-state index contributed by atoms with van der Waals surface area (Å²) in [5.41, 5.74) is 0.309. The highest BCUT2D eigenvalue weighted by Crippen LogP contribution is 2.22. The molecule has 0 aliphatic rings. The molecular weight excluding hydrogens is 210 g/mol. The third kappa shape index (κ3) is 7.36. The SMILES string of the molecule is CN/C(=N\OC)NCCCC(C)(C)CS. The van der Waals surface area contributed by atoms with Crippen molar-refractivity contribution in [1.29, 1.82) is 0 Å². The zero-order valence-electron chi connectivity index (χ0n) is 10.1. The first-order valence-corrected chi connectivity index (χ1v) is 5.82. The molecule has 4 nitrogen and oxygen atoms in total. The molecule has 0 aromatic carbocycles. The van der Waals surface area contributed by atoms with Gasteiger partial charge >= 0.3 is 0 Å². The van der Waals surface area contributed by atoms with Crippen molar-refractivity contribution < 1.29 is 4.84 Å². The van der Waals surface area contributed by atoms with Gasteiger partial charge in [0.15, 0.2) is 0 Å². The van der Waals surface area contributed by atoms with Crippen molar-refractivity contribution >= 4 is 18.6 Å². The van der Waals surface area contributed by atoms with E-state index in [2.05, 4.69) is 47.1 Å². The van der Waals surface area contributed by atoms with Crippen molar-refractivity contribution in [3.63, 3.8) is 0 Å². The van der Waals surface area contributed by atoms with Crippen molar-refractivity contribution in [2.75, 3.05) is 26.5 Å². The van der Waals surface area contributed by atoms with Crippen molar-refractivity contribution in [2.45, 2.75) is 26.7 Å². The van der Waals surface area contributed by atoms with Crippen LogP contribution in [-0.4, -0.2) is 32.4 Å². The zero-order chi connectivity index (χ0) is 11.7. The third-order valence-corrected chi connectivity index (χ3v) is 3.03. The maximum Gasteiger partial charge on any atom is 0.233 e. The molecule has 2 N–H and O–H groups in total. The molecule has 0 radical (unpaired) electrons. The molecule has 0 saturated heterocycles. The molecule has 15 heavy (non-hydrogen) atoms. The molecule has 0 aliphatic carbocycles. The maximum absolute atomic E-state index is 4.66. The average molecular weight is 233 g/mol. The van der Waals surface area contributed by atoms with Crippen LogP contribution in [-0.2, 0) is 4.84 Å². The summed E-state index contributed by atoms with van der Waals surface area (Å²) < 4.78 is 0. The molecule has 0 fully saturated rings. The lowest BCUT2D eigenvalue weighted by molar-refractivity contribution is 0.210. The largest absolute Gasteiger partial charge is 0.396 e. The van der Waals surface area contributed by atoms with E-state index < -0.39 is 0 Å². The Labute approximate surface area is 98.2 Å². The van der Waals surface area contributed by atoms with E-state index in [0.717, 1.165) is 25.1 Å². The molecule has 0 spiro atoms. The lowest BCUT2D eigenvalue weighted by Crippen LogP contribution is -2.35. The van der Waals surface area contributed by atoms with Crippen molar-refractivity contribution in [2.24, 2.45) is 10.6 Å². The second-order valence-corrected chi connectivity index (χ2v) is 4.54. The Hall–Kier alpha value is -0.580. The Morgan fingerprint density at radius 2 is 2.13 bits per heavy atom. The fourth-order valence-corrected chi connectivity index (χ4v) is 1.27. The van der Waals surface area contributed by atoms with Gasteiger partial charge in [0, 0.05) is 13.6 Å². The lowest BCUT2D eigenvalue weighted by Gasteiger charge is -2.21. The van der Waals surface area contributed by atoms with E-state index in [1.807, 2.05) is 7.05 Å². The Morgan fingerprint density at radius 3 is 2.60 bits per heavy atom. The average Bonchev–Trinajstić information content (AvgIpc) is 2.22. The van der Waals surface area contributed by atoms with Gasteiger partial charge in [-0.25, -0.2) is 0 Å². The van der Waals surface area contributed by atoms with Gasteiger partial charge in [0.25, 0.3) is 0 Å². The summed E-state index contributed by atoms with van der Waals surface area (Å²) in [5, 5.41) is 9.85. The van der Waals surface area contributed by atoms with Gasteiger partial charge in [-0.1, -0.05) is 13.8 Å². The fraction of sp³-hybridized carbons (Fsp3) is 0.900. The Bertz CT molecular complexity index is 195. The van der Waals surface area contributed by atoms with E-state index in [0.29, 0.717) is 11.4 Å². The van der Waals surface area contributed by atoms with Crippen LogP contribution >= 0.6 is 12.6 Å². The summed E-state index contributed by atoms with van der Waals surface area (Å²) in [6.45, 7) is 5.34. The minimum atomic E-state index is 0.309. The Balaban J connectivity index is 3.66. The van der Waals surface area contributed by atoms with Gasteiger partial charge in [-0.3, -0.25) is 0 Å². The van der Waals surface area contributed by atoms with Crippen LogP contribution in [0.15, 0.2) is 5.16 Å². The van der Waals surface area contributed by atoms with Crippen LogP contribution in [0.5, 0.6) is 0 Å². The molecular formula is C10H23N3OS. The quantitative estimate of drug-likeness (QED) is 0.214. The van der Waals surface area contributed by atoms with Crippen molar-refractivity contribution in [1.82, 2.24) is 10.6 Å². The zero-order valence-corrected chi connectivity index (χ0v) is 11.0. The first-order valence-electron chi connectivity index (χ1n) is 5.19. The molecule has 0 aromatic rings. The predicted molar refractivity (Wildman–Crippen MR) is 68.4 cm³/mol. The van der Waals surface area contributed by atoms with Gasteiger partial charge in [0.05, 0.1) is 0 Å². The summed E-state index contributed by atoms with van der Waals surface area (Å²) >= 11 is 4.32. The van der Waals surface area contributed by atoms with Crippen LogP contribution in [0, 0.1) is 5.41 Å². The highest BCUT2D eigenvalue weighted by molar-refractivity contribution is 7.80. The molecule has 5 heteroatoms. The summed E-state index contributed by atoms with van der Waals surface area (Å²) in [6.07, 6.45) is 2.24. The minimum absolute atomic E-state index is 0.309. The lowest BCUT2D eigenvalue weighted by atomic mass is 9.90. The molecule has 0 unspecified atom stereocenters. The fourth-order valence-electron chi connectivity index (χ4n) is 1.11. The summed E-state index contributed by atoms with van der Waals surface area (Å²) in [5.74, 6) is 1.58. The van der Waals surface area contributed by atoms with Crippen LogP contribution < -0.4 is 10.6 Å². The van der Waals surface area contributed by atoms with Gasteiger partial charge in [0.1, 0.15) is 7.11 Å². The predicted octanol–water partition coefficient (Wildman–Crippen LogP) is 1.45. The third-order valence-electron chi connectivity index (χ3n) is 2.17.